The lowest BCUT2D eigenvalue weighted by molar-refractivity contribution is 0.176. The van der Waals surface area contributed by atoms with Gasteiger partial charge in [0.1, 0.15) is 0 Å². The molecule has 106 valence electrons. The largest absolute Gasteiger partial charge is 0.348 e. The number of rotatable bonds is 4. The zero-order chi connectivity index (χ0) is 13.8. The van der Waals surface area contributed by atoms with Crippen LogP contribution >= 0.6 is 0 Å². The summed E-state index contributed by atoms with van der Waals surface area (Å²) in [5, 5.41) is 0. The number of aryl methyl sites for hydroxylation is 1. The molecule has 0 spiro atoms. The lowest BCUT2D eigenvalue weighted by Gasteiger charge is -2.31. The van der Waals surface area contributed by atoms with Gasteiger partial charge in [-0.15, -0.1) is 0 Å². The number of piperidine rings is 1. The van der Waals surface area contributed by atoms with E-state index < -0.39 is 0 Å². The number of hydrogen-bond acceptors (Lipinski definition) is 2. The topological polar surface area (TPSA) is 31.9 Å². The molecule has 1 aliphatic heterocycles. The highest BCUT2D eigenvalue weighted by atomic mass is 15.1. The first kappa shape index (κ1) is 13.4. The number of aromatic amines is 1. The third kappa shape index (κ3) is 3.48. The van der Waals surface area contributed by atoms with Gasteiger partial charge < -0.3 is 4.98 Å². The quantitative estimate of drug-likeness (QED) is 0.924. The summed E-state index contributed by atoms with van der Waals surface area (Å²) in [5.41, 5.74) is 4.05. The standard InChI is InChI=1S/C17H23N3/c1-14-2-4-16(5-3-14)12-20-8-6-15(7-9-20)10-17-11-18-13-19-17/h2-5,11,13,15H,6-10,12H2,1H3,(H,18,19). The second-order valence-corrected chi connectivity index (χ2v) is 5.99. The van der Waals surface area contributed by atoms with E-state index in [9.17, 15) is 0 Å². The van der Waals surface area contributed by atoms with E-state index in [1.54, 1.807) is 6.33 Å². The molecule has 20 heavy (non-hydrogen) atoms. The van der Waals surface area contributed by atoms with Crippen LogP contribution in [0, 0.1) is 12.8 Å². The average Bonchev–Trinajstić information content (AvgIpc) is 2.96. The normalized spacial score (nSPS) is 17.4. The van der Waals surface area contributed by atoms with Crippen molar-refractivity contribution in [1.82, 2.24) is 14.9 Å². The first-order valence-corrected chi connectivity index (χ1v) is 7.55. The molecule has 0 bridgehead atoms. The fourth-order valence-electron chi connectivity index (χ4n) is 3.01. The van der Waals surface area contributed by atoms with Crippen LogP contribution in [0.25, 0.3) is 0 Å². The van der Waals surface area contributed by atoms with E-state index in [1.165, 1.54) is 42.8 Å². The van der Waals surface area contributed by atoms with Crippen LogP contribution in [0.5, 0.6) is 0 Å². The third-order valence-corrected chi connectivity index (χ3v) is 4.30. The SMILES string of the molecule is Cc1ccc(CN2CCC(Cc3cnc[nH]3)CC2)cc1. The van der Waals surface area contributed by atoms with Crippen molar-refractivity contribution in [2.24, 2.45) is 5.92 Å². The molecule has 0 atom stereocenters. The number of aromatic nitrogens is 2. The Morgan fingerprint density at radius 3 is 2.60 bits per heavy atom. The molecule has 3 rings (SSSR count). The number of H-pyrrole nitrogens is 1. The molecule has 1 aromatic heterocycles. The minimum absolute atomic E-state index is 0.810. The summed E-state index contributed by atoms with van der Waals surface area (Å²) in [6, 6.07) is 8.93. The Morgan fingerprint density at radius 2 is 1.95 bits per heavy atom. The van der Waals surface area contributed by atoms with Crippen LogP contribution in [-0.4, -0.2) is 28.0 Å². The maximum Gasteiger partial charge on any atom is 0.0921 e. The van der Waals surface area contributed by atoms with Crippen molar-refractivity contribution in [1.29, 1.82) is 0 Å². The Labute approximate surface area is 121 Å². The molecule has 0 radical (unpaired) electrons. The summed E-state index contributed by atoms with van der Waals surface area (Å²) in [6.45, 7) is 5.67. The van der Waals surface area contributed by atoms with E-state index in [0.29, 0.717) is 0 Å². The molecule has 0 amide bonds. The van der Waals surface area contributed by atoms with E-state index in [2.05, 4.69) is 46.1 Å². The first-order valence-electron chi connectivity index (χ1n) is 7.55. The molecule has 0 aliphatic carbocycles. The van der Waals surface area contributed by atoms with E-state index in [0.717, 1.165) is 18.9 Å². The van der Waals surface area contributed by atoms with Crippen molar-refractivity contribution < 1.29 is 0 Å². The zero-order valence-electron chi connectivity index (χ0n) is 12.2. The molecule has 2 heterocycles. The Balaban J connectivity index is 1.47. The fourth-order valence-corrected chi connectivity index (χ4v) is 3.01. The molecule has 3 heteroatoms. The van der Waals surface area contributed by atoms with Crippen LogP contribution < -0.4 is 0 Å². The number of benzene rings is 1. The van der Waals surface area contributed by atoms with Gasteiger partial charge in [-0.1, -0.05) is 29.8 Å². The van der Waals surface area contributed by atoms with Crippen molar-refractivity contribution >= 4 is 0 Å². The van der Waals surface area contributed by atoms with Gasteiger partial charge in [0.05, 0.1) is 6.33 Å². The van der Waals surface area contributed by atoms with Crippen molar-refractivity contribution in [2.45, 2.75) is 32.7 Å². The molecule has 2 aromatic rings. The summed E-state index contributed by atoms with van der Waals surface area (Å²) in [7, 11) is 0. The highest BCUT2D eigenvalue weighted by Crippen LogP contribution is 2.22. The van der Waals surface area contributed by atoms with Crippen LogP contribution in [0.15, 0.2) is 36.8 Å². The molecule has 1 fully saturated rings. The van der Waals surface area contributed by atoms with Crippen molar-refractivity contribution in [3.05, 3.63) is 53.6 Å². The summed E-state index contributed by atoms with van der Waals surface area (Å²) in [5.74, 6) is 0.810. The summed E-state index contributed by atoms with van der Waals surface area (Å²) in [4.78, 5) is 9.89. The molecule has 0 unspecified atom stereocenters. The van der Waals surface area contributed by atoms with Gasteiger partial charge in [-0.05, 0) is 50.8 Å². The zero-order valence-corrected chi connectivity index (χ0v) is 12.2. The Kier molecular flexibility index (Phi) is 4.16. The molecule has 1 saturated heterocycles. The Hall–Kier alpha value is -1.61. The van der Waals surface area contributed by atoms with Gasteiger partial charge in [-0.25, -0.2) is 4.98 Å². The predicted molar refractivity (Wildman–Crippen MR) is 81.5 cm³/mol. The highest BCUT2D eigenvalue weighted by molar-refractivity contribution is 5.21. The van der Waals surface area contributed by atoms with Crippen molar-refractivity contribution in [2.75, 3.05) is 13.1 Å². The summed E-state index contributed by atoms with van der Waals surface area (Å²) in [6.07, 6.45) is 7.48. The number of hydrogen-bond donors (Lipinski definition) is 1. The van der Waals surface area contributed by atoms with Gasteiger partial charge in [-0.2, -0.15) is 0 Å². The fraction of sp³-hybridized carbons (Fsp3) is 0.471. The highest BCUT2D eigenvalue weighted by Gasteiger charge is 2.19. The van der Waals surface area contributed by atoms with Crippen LogP contribution in [0.4, 0.5) is 0 Å². The monoisotopic (exact) mass is 269 g/mol. The number of nitrogens with zero attached hydrogens (tertiary/aromatic N) is 2. The first-order chi connectivity index (χ1) is 9.79. The smallest absolute Gasteiger partial charge is 0.0921 e. The van der Waals surface area contributed by atoms with Gasteiger partial charge in [0.25, 0.3) is 0 Å². The second-order valence-electron chi connectivity index (χ2n) is 5.99. The lowest BCUT2D eigenvalue weighted by Crippen LogP contribution is -2.33. The van der Waals surface area contributed by atoms with E-state index in [4.69, 9.17) is 0 Å². The molecule has 3 nitrogen and oxygen atoms in total. The molecular formula is C17H23N3. The Bertz CT molecular complexity index is 508. The molecule has 1 aliphatic rings. The van der Waals surface area contributed by atoms with E-state index in [-0.39, 0.29) is 0 Å². The Morgan fingerprint density at radius 1 is 1.20 bits per heavy atom. The maximum atomic E-state index is 4.10. The molecule has 1 aromatic carbocycles. The molecule has 1 N–H and O–H groups in total. The van der Waals surface area contributed by atoms with Gasteiger partial charge in [0, 0.05) is 18.4 Å². The molecule has 0 saturated carbocycles. The summed E-state index contributed by atoms with van der Waals surface area (Å²) >= 11 is 0. The van der Waals surface area contributed by atoms with Gasteiger partial charge in [0.2, 0.25) is 0 Å². The lowest BCUT2D eigenvalue weighted by atomic mass is 9.92. The minimum Gasteiger partial charge on any atom is -0.348 e. The van der Waals surface area contributed by atoms with Crippen LogP contribution in [0.2, 0.25) is 0 Å². The minimum atomic E-state index is 0.810. The van der Waals surface area contributed by atoms with E-state index in [1.807, 2.05) is 6.20 Å². The van der Waals surface area contributed by atoms with Gasteiger partial charge in [0.15, 0.2) is 0 Å². The molecular weight excluding hydrogens is 246 g/mol. The van der Waals surface area contributed by atoms with Crippen molar-refractivity contribution in [3.8, 4) is 0 Å². The third-order valence-electron chi connectivity index (χ3n) is 4.30. The number of likely N-dealkylation sites (tertiary alicyclic amines) is 1. The van der Waals surface area contributed by atoms with E-state index >= 15 is 0 Å². The van der Waals surface area contributed by atoms with Gasteiger partial charge >= 0.3 is 0 Å². The van der Waals surface area contributed by atoms with Gasteiger partial charge in [-0.3, -0.25) is 4.90 Å². The van der Waals surface area contributed by atoms with Crippen molar-refractivity contribution in [3.63, 3.8) is 0 Å². The summed E-state index contributed by atoms with van der Waals surface area (Å²) < 4.78 is 0. The number of imidazole rings is 1. The number of nitrogens with one attached hydrogen (secondary N) is 1. The predicted octanol–water partition coefficient (Wildman–Crippen LogP) is 3.17. The average molecular weight is 269 g/mol. The van der Waals surface area contributed by atoms with Crippen LogP contribution in [0.3, 0.4) is 0 Å². The van der Waals surface area contributed by atoms with Crippen LogP contribution in [-0.2, 0) is 13.0 Å². The van der Waals surface area contributed by atoms with Crippen LogP contribution in [0.1, 0.15) is 29.7 Å². The second kappa shape index (κ2) is 6.23. The maximum absolute atomic E-state index is 4.10.